The van der Waals surface area contributed by atoms with Crippen molar-refractivity contribution in [3.63, 3.8) is 0 Å². The number of amides is 2. The lowest BCUT2D eigenvalue weighted by atomic mass is 10.0. The Morgan fingerprint density at radius 1 is 0.778 bits per heavy atom. The number of hydrogen-bond acceptors (Lipinski definition) is 4. The van der Waals surface area contributed by atoms with Crippen LogP contribution in [0.3, 0.4) is 0 Å². The van der Waals surface area contributed by atoms with Crippen LogP contribution >= 0.6 is 0 Å². The first-order valence-corrected chi connectivity index (χ1v) is 17.0. The first-order chi connectivity index (χ1) is 21.7. The number of carbonyl (C=O) groups is 2. The van der Waals surface area contributed by atoms with Gasteiger partial charge in [-0.1, -0.05) is 117 Å². The van der Waals surface area contributed by atoms with E-state index in [1.807, 2.05) is 86.6 Å². The summed E-state index contributed by atoms with van der Waals surface area (Å²) in [6.07, 6.45) is 2.59. The molecule has 0 unspecified atom stereocenters. The first kappa shape index (κ1) is 33.5. The Labute approximate surface area is 268 Å². The molecule has 0 bridgehead atoms. The number of aryl methyl sites for hydroxylation is 2. The van der Waals surface area contributed by atoms with Crippen molar-refractivity contribution in [1.82, 2.24) is 10.2 Å². The normalized spacial score (nSPS) is 11.9. The molecule has 0 fully saturated rings. The van der Waals surface area contributed by atoms with Crippen molar-refractivity contribution >= 4 is 27.5 Å². The predicted octanol–water partition coefficient (Wildman–Crippen LogP) is 6.31. The Hall–Kier alpha value is -4.43. The second-order valence-electron chi connectivity index (χ2n) is 11.2. The highest BCUT2D eigenvalue weighted by atomic mass is 32.2. The van der Waals surface area contributed by atoms with Crippen LogP contribution in [0.15, 0.2) is 114 Å². The lowest BCUT2D eigenvalue weighted by molar-refractivity contribution is -0.140. The number of sulfonamides is 1. The maximum atomic E-state index is 14.6. The monoisotopic (exact) mass is 625 g/mol. The van der Waals surface area contributed by atoms with E-state index >= 15 is 0 Å². The number of anilines is 1. The zero-order chi connectivity index (χ0) is 32.2. The van der Waals surface area contributed by atoms with E-state index < -0.39 is 28.5 Å². The summed E-state index contributed by atoms with van der Waals surface area (Å²) in [5.74, 6) is -0.731. The number of unbranched alkanes of at least 4 members (excludes halogenated alkanes) is 1. The fourth-order valence-corrected chi connectivity index (χ4v) is 6.70. The van der Waals surface area contributed by atoms with Gasteiger partial charge >= 0.3 is 0 Å². The summed E-state index contributed by atoms with van der Waals surface area (Å²) in [5, 5.41) is 3.02. The lowest BCUT2D eigenvalue weighted by Crippen LogP contribution is -2.53. The van der Waals surface area contributed by atoms with Gasteiger partial charge in [0.2, 0.25) is 11.8 Å². The number of para-hydroxylation sites is 1. The third-order valence-electron chi connectivity index (χ3n) is 7.83. The Bertz CT molecular complexity index is 1640. The van der Waals surface area contributed by atoms with Crippen LogP contribution in [0.4, 0.5) is 5.69 Å². The molecule has 0 saturated carbocycles. The third kappa shape index (κ3) is 8.82. The summed E-state index contributed by atoms with van der Waals surface area (Å²) in [6.45, 7) is 6.07. The highest BCUT2D eigenvalue weighted by Gasteiger charge is 2.35. The summed E-state index contributed by atoms with van der Waals surface area (Å²) >= 11 is 0. The molecule has 0 heterocycles. The molecule has 0 aliphatic heterocycles. The molecule has 0 aromatic heterocycles. The molecule has 1 N–H and O–H groups in total. The van der Waals surface area contributed by atoms with Gasteiger partial charge in [0.25, 0.3) is 10.0 Å². The first-order valence-electron chi connectivity index (χ1n) is 15.6. The van der Waals surface area contributed by atoms with Crippen molar-refractivity contribution in [2.75, 3.05) is 17.4 Å². The summed E-state index contributed by atoms with van der Waals surface area (Å²) in [4.78, 5) is 30.0. The second kappa shape index (κ2) is 16.0. The maximum absolute atomic E-state index is 14.6. The molecule has 0 saturated heterocycles. The fourth-order valence-electron chi connectivity index (χ4n) is 5.24. The minimum absolute atomic E-state index is 0.0968. The topological polar surface area (TPSA) is 86.8 Å². The van der Waals surface area contributed by atoms with E-state index in [0.29, 0.717) is 18.7 Å². The standard InChI is InChI=1S/C37H43N3O4S/c1-4-6-25-38-37(42)35(26-30-15-9-7-10-16-30)39(27-31-17-11-8-12-18-31)36(41)28-40(34-20-14-13-19-32(34)5-2)45(43,44)33-23-21-29(3)22-24-33/h7-24,35H,4-6,25-28H2,1-3H3,(H,38,42)/t35-/m0/s1. The Morgan fingerprint density at radius 3 is 2.00 bits per heavy atom. The van der Waals surface area contributed by atoms with E-state index in [4.69, 9.17) is 0 Å². The van der Waals surface area contributed by atoms with Crippen molar-refractivity contribution < 1.29 is 18.0 Å². The molecule has 7 nitrogen and oxygen atoms in total. The predicted molar refractivity (Wildman–Crippen MR) is 180 cm³/mol. The molecule has 45 heavy (non-hydrogen) atoms. The molecular weight excluding hydrogens is 582 g/mol. The number of rotatable bonds is 15. The Kier molecular flexibility index (Phi) is 11.9. The van der Waals surface area contributed by atoms with Gasteiger partial charge in [-0.3, -0.25) is 13.9 Å². The molecule has 0 radical (unpaired) electrons. The van der Waals surface area contributed by atoms with Crippen LogP contribution in [-0.4, -0.2) is 44.3 Å². The van der Waals surface area contributed by atoms with Crippen molar-refractivity contribution in [3.05, 3.63) is 131 Å². The van der Waals surface area contributed by atoms with Gasteiger partial charge in [0.05, 0.1) is 10.6 Å². The average molecular weight is 626 g/mol. The quantitative estimate of drug-likeness (QED) is 0.157. The molecule has 1 atom stereocenters. The Balaban J connectivity index is 1.80. The van der Waals surface area contributed by atoms with E-state index in [-0.39, 0.29) is 23.8 Å². The molecule has 4 aromatic rings. The minimum atomic E-state index is -4.14. The van der Waals surface area contributed by atoms with Gasteiger partial charge in [-0.15, -0.1) is 0 Å². The van der Waals surface area contributed by atoms with Crippen LogP contribution < -0.4 is 9.62 Å². The molecule has 4 rings (SSSR count). The zero-order valence-corrected chi connectivity index (χ0v) is 27.2. The third-order valence-corrected chi connectivity index (χ3v) is 9.60. The van der Waals surface area contributed by atoms with Crippen LogP contribution in [-0.2, 0) is 39.0 Å². The minimum Gasteiger partial charge on any atom is -0.354 e. The van der Waals surface area contributed by atoms with Crippen LogP contribution in [0.2, 0.25) is 0 Å². The number of nitrogens with zero attached hydrogens (tertiary/aromatic N) is 2. The smallest absolute Gasteiger partial charge is 0.264 e. The number of benzene rings is 4. The summed E-state index contributed by atoms with van der Waals surface area (Å²) in [7, 11) is -4.14. The number of nitrogens with one attached hydrogen (secondary N) is 1. The number of carbonyl (C=O) groups excluding carboxylic acids is 2. The van der Waals surface area contributed by atoms with Gasteiger partial charge in [0.15, 0.2) is 0 Å². The van der Waals surface area contributed by atoms with Gasteiger partial charge in [0, 0.05) is 19.5 Å². The van der Waals surface area contributed by atoms with E-state index in [2.05, 4.69) is 12.2 Å². The fraction of sp³-hybridized carbons (Fsp3) is 0.297. The Morgan fingerprint density at radius 2 is 1.38 bits per heavy atom. The van der Waals surface area contributed by atoms with Gasteiger partial charge < -0.3 is 10.2 Å². The van der Waals surface area contributed by atoms with Crippen molar-refractivity contribution in [1.29, 1.82) is 0 Å². The van der Waals surface area contributed by atoms with Gasteiger partial charge in [-0.25, -0.2) is 8.42 Å². The van der Waals surface area contributed by atoms with Gasteiger partial charge in [0.1, 0.15) is 12.6 Å². The molecule has 2 amide bonds. The van der Waals surface area contributed by atoms with Crippen molar-refractivity contribution in [2.24, 2.45) is 0 Å². The lowest BCUT2D eigenvalue weighted by Gasteiger charge is -2.34. The second-order valence-corrected chi connectivity index (χ2v) is 13.0. The molecule has 0 spiro atoms. The molecule has 0 aliphatic carbocycles. The number of hydrogen-bond donors (Lipinski definition) is 1. The zero-order valence-electron chi connectivity index (χ0n) is 26.4. The highest BCUT2D eigenvalue weighted by Crippen LogP contribution is 2.28. The maximum Gasteiger partial charge on any atom is 0.264 e. The van der Waals surface area contributed by atoms with Gasteiger partial charge in [-0.2, -0.15) is 0 Å². The summed E-state index contributed by atoms with van der Waals surface area (Å²) in [5.41, 5.74) is 3.92. The van der Waals surface area contributed by atoms with Crippen LogP contribution in [0.1, 0.15) is 48.9 Å². The largest absolute Gasteiger partial charge is 0.354 e. The highest BCUT2D eigenvalue weighted by molar-refractivity contribution is 7.92. The molecular formula is C37H43N3O4S. The van der Waals surface area contributed by atoms with Crippen molar-refractivity contribution in [2.45, 2.75) is 63.9 Å². The molecule has 4 aromatic carbocycles. The van der Waals surface area contributed by atoms with Gasteiger partial charge in [-0.05, 0) is 54.7 Å². The van der Waals surface area contributed by atoms with E-state index in [0.717, 1.165) is 35.1 Å². The van der Waals surface area contributed by atoms with Crippen LogP contribution in [0, 0.1) is 6.92 Å². The molecule has 0 aliphatic rings. The summed E-state index contributed by atoms with van der Waals surface area (Å²) < 4.78 is 29.7. The van der Waals surface area contributed by atoms with Crippen molar-refractivity contribution in [3.8, 4) is 0 Å². The van der Waals surface area contributed by atoms with E-state index in [9.17, 15) is 18.0 Å². The van der Waals surface area contributed by atoms with Crippen LogP contribution in [0.25, 0.3) is 0 Å². The summed E-state index contributed by atoms with van der Waals surface area (Å²) in [6, 6.07) is 32.1. The van der Waals surface area contributed by atoms with E-state index in [1.165, 1.54) is 9.21 Å². The molecule has 236 valence electrons. The average Bonchev–Trinajstić information content (AvgIpc) is 3.06. The SMILES string of the molecule is CCCCNC(=O)[C@H](Cc1ccccc1)N(Cc1ccccc1)C(=O)CN(c1ccccc1CC)S(=O)(=O)c1ccc(C)cc1. The van der Waals surface area contributed by atoms with Crippen LogP contribution in [0.5, 0.6) is 0 Å². The molecule has 8 heteroatoms. The van der Waals surface area contributed by atoms with E-state index in [1.54, 1.807) is 36.4 Å².